The molecule has 0 aliphatic carbocycles. The molecule has 1 aromatic rings. The van der Waals surface area contributed by atoms with Crippen molar-refractivity contribution in [1.29, 1.82) is 0 Å². The van der Waals surface area contributed by atoms with Crippen molar-refractivity contribution in [3.63, 3.8) is 0 Å². The molecule has 19 heavy (non-hydrogen) atoms. The van der Waals surface area contributed by atoms with Crippen molar-refractivity contribution >= 4 is 23.2 Å². The predicted octanol–water partition coefficient (Wildman–Crippen LogP) is 1.76. The van der Waals surface area contributed by atoms with E-state index in [0.29, 0.717) is 18.2 Å². The largest absolute Gasteiger partial charge is 0.323 e. The maximum Gasteiger partial charge on any atom is 0.224 e. The van der Waals surface area contributed by atoms with Gasteiger partial charge < -0.3 is 10.6 Å². The van der Waals surface area contributed by atoms with Crippen molar-refractivity contribution in [2.24, 2.45) is 7.05 Å². The number of aromatic nitrogens is 2. The minimum absolute atomic E-state index is 0.0507. The summed E-state index contributed by atoms with van der Waals surface area (Å²) in [6.45, 7) is 3.84. The quantitative estimate of drug-likeness (QED) is 0.618. The SMILES string of the molecule is Cc1nn(C)c(C2CNC2)c1NC(=O)CCCCCl. The zero-order chi connectivity index (χ0) is 13.8. The highest BCUT2D eigenvalue weighted by Gasteiger charge is 2.27. The van der Waals surface area contributed by atoms with E-state index in [1.165, 1.54) is 0 Å². The van der Waals surface area contributed by atoms with Gasteiger partial charge in [-0.3, -0.25) is 9.48 Å². The third-order valence-corrected chi connectivity index (χ3v) is 3.75. The molecule has 1 amide bonds. The molecule has 0 unspecified atom stereocenters. The van der Waals surface area contributed by atoms with Crippen molar-refractivity contribution in [3.8, 4) is 0 Å². The molecule has 2 rings (SSSR count). The summed E-state index contributed by atoms with van der Waals surface area (Å²) < 4.78 is 1.88. The lowest BCUT2D eigenvalue weighted by Crippen LogP contribution is -2.41. The normalized spacial score (nSPS) is 15.3. The lowest BCUT2D eigenvalue weighted by Gasteiger charge is -2.28. The van der Waals surface area contributed by atoms with Gasteiger partial charge in [-0.05, 0) is 19.8 Å². The average molecular weight is 285 g/mol. The molecule has 106 valence electrons. The Morgan fingerprint density at radius 3 is 2.84 bits per heavy atom. The van der Waals surface area contributed by atoms with E-state index in [1.54, 1.807) is 0 Å². The molecule has 0 atom stereocenters. The topological polar surface area (TPSA) is 59.0 Å². The van der Waals surface area contributed by atoms with Gasteiger partial charge in [-0.1, -0.05) is 0 Å². The number of rotatable bonds is 6. The van der Waals surface area contributed by atoms with Gasteiger partial charge in [0.15, 0.2) is 0 Å². The van der Waals surface area contributed by atoms with Gasteiger partial charge in [0.05, 0.1) is 17.1 Å². The van der Waals surface area contributed by atoms with Crippen molar-refractivity contribution in [2.45, 2.75) is 32.1 Å². The molecule has 1 saturated heterocycles. The van der Waals surface area contributed by atoms with Crippen LogP contribution in [0.15, 0.2) is 0 Å². The van der Waals surface area contributed by atoms with Gasteiger partial charge in [0.25, 0.3) is 0 Å². The second-order valence-corrected chi connectivity index (χ2v) is 5.40. The van der Waals surface area contributed by atoms with E-state index >= 15 is 0 Å². The number of nitrogens with one attached hydrogen (secondary N) is 2. The smallest absolute Gasteiger partial charge is 0.224 e. The Kier molecular flexibility index (Phi) is 4.82. The number of anilines is 1. The van der Waals surface area contributed by atoms with Gasteiger partial charge in [0.1, 0.15) is 0 Å². The first-order chi connectivity index (χ1) is 9.13. The molecule has 0 saturated carbocycles. The summed E-state index contributed by atoms with van der Waals surface area (Å²) in [6, 6.07) is 0. The fourth-order valence-corrected chi connectivity index (χ4v) is 2.55. The van der Waals surface area contributed by atoms with Crippen LogP contribution in [0.1, 0.15) is 36.6 Å². The van der Waals surface area contributed by atoms with Crippen molar-refractivity contribution in [1.82, 2.24) is 15.1 Å². The molecule has 1 aromatic heterocycles. The van der Waals surface area contributed by atoms with Gasteiger partial charge in [0, 0.05) is 38.4 Å². The summed E-state index contributed by atoms with van der Waals surface area (Å²) in [5, 5.41) is 10.7. The highest BCUT2D eigenvalue weighted by atomic mass is 35.5. The number of aryl methyl sites for hydroxylation is 2. The highest BCUT2D eigenvalue weighted by Crippen LogP contribution is 2.29. The van der Waals surface area contributed by atoms with Crippen LogP contribution in [0.3, 0.4) is 0 Å². The first-order valence-corrected chi connectivity index (χ1v) is 7.27. The third kappa shape index (κ3) is 3.28. The number of unbranched alkanes of at least 4 members (excludes halogenated alkanes) is 1. The Hall–Kier alpha value is -1.07. The molecule has 1 fully saturated rings. The average Bonchev–Trinajstić information content (AvgIpc) is 2.55. The molecule has 2 heterocycles. The van der Waals surface area contributed by atoms with E-state index in [0.717, 1.165) is 43.0 Å². The number of halogens is 1. The third-order valence-electron chi connectivity index (χ3n) is 3.49. The van der Waals surface area contributed by atoms with Gasteiger partial charge in [-0.25, -0.2) is 0 Å². The number of alkyl halides is 1. The molecule has 0 radical (unpaired) electrons. The summed E-state index contributed by atoms with van der Waals surface area (Å²) in [6.07, 6.45) is 2.22. The van der Waals surface area contributed by atoms with Crippen LogP contribution in [-0.4, -0.2) is 34.7 Å². The van der Waals surface area contributed by atoms with Crippen molar-refractivity contribution in [2.75, 3.05) is 24.3 Å². The molecule has 0 bridgehead atoms. The van der Waals surface area contributed by atoms with Crippen LogP contribution in [0.25, 0.3) is 0 Å². The van der Waals surface area contributed by atoms with Crippen molar-refractivity contribution in [3.05, 3.63) is 11.4 Å². The number of carbonyl (C=O) groups excluding carboxylic acids is 1. The maximum absolute atomic E-state index is 11.9. The fraction of sp³-hybridized carbons (Fsp3) is 0.692. The summed E-state index contributed by atoms with van der Waals surface area (Å²) in [4.78, 5) is 11.9. The molecular weight excluding hydrogens is 264 g/mol. The van der Waals surface area contributed by atoms with E-state index in [2.05, 4.69) is 15.7 Å². The van der Waals surface area contributed by atoms with E-state index in [1.807, 2.05) is 18.7 Å². The summed E-state index contributed by atoms with van der Waals surface area (Å²) in [5.41, 5.74) is 2.90. The highest BCUT2D eigenvalue weighted by molar-refractivity contribution is 6.17. The summed E-state index contributed by atoms with van der Waals surface area (Å²) >= 11 is 5.61. The lowest BCUT2D eigenvalue weighted by molar-refractivity contribution is -0.116. The van der Waals surface area contributed by atoms with E-state index in [9.17, 15) is 4.79 Å². The van der Waals surface area contributed by atoms with Gasteiger partial charge in [0.2, 0.25) is 5.91 Å². The van der Waals surface area contributed by atoms with Crippen molar-refractivity contribution < 1.29 is 4.79 Å². The Morgan fingerprint density at radius 2 is 2.26 bits per heavy atom. The van der Waals surface area contributed by atoms with Gasteiger partial charge >= 0.3 is 0 Å². The van der Waals surface area contributed by atoms with E-state index < -0.39 is 0 Å². The minimum atomic E-state index is 0.0507. The molecule has 6 heteroatoms. The van der Waals surface area contributed by atoms with Crippen LogP contribution < -0.4 is 10.6 Å². The summed E-state index contributed by atoms with van der Waals surface area (Å²) in [7, 11) is 1.93. The number of nitrogens with zero attached hydrogens (tertiary/aromatic N) is 2. The van der Waals surface area contributed by atoms with Crippen LogP contribution in [0.2, 0.25) is 0 Å². The van der Waals surface area contributed by atoms with Crippen LogP contribution in [0, 0.1) is 6.92 Å². The number of amides is 1. The van der Waals surface area contributed by atoms with Crippen LogP contribution >= 0.6 is 11.6 Å². The molecule has 0 aromatic carbocycles. The second-order valence-electron chi connectivity index (χ2n) is 5.02. The van der Waals surface area contributed by atoms with E-state index in [4.69, 9.17) is 11.6 Å². The summed E-state index contributed by atoms with van der Waals surface area (Å²) in [5.74, 6) is 1.11. The van der Waals surface area contributed by atoms with E-state index in [-0.39, 0.29) is 5.91 Å². The maximum atomic E-state index is 11.9. The Bertz CT molecular complexity index is 454. The first kappa shape index (κ1) is 14.3. The Balaban J connectivity index is 2.04. The number of carbonyl (C=O) groups is 1. The molecule has 1 aliphatic rings. The molecular formula is C13H21ClN4O. The van der Waals surface area contributed by atoms with Gasteiger partial charge in [-0.2, -0.15) is 5.10 Å². The fourth-order valence-electron chi connectivity index (χ4n) is 2.36. The Morgan fingerprint density at radius 1 is 1.53 bits per heavy atom. The number of hydrogen-bond donors (Lipinski definition) is 2. The monoisotopic (exact) mass is 284 g/mol. The second kappa shape index (κ2) is 6.39. The Labute approximate surface area is 118 Å². The standard InChI is InChI=1S/C13H21ClN4O/c1-9-12(16-11(19)5-3-4-6-14)13(18(2)17-9)10-7-15-8-10/h10,15H,3-8H2,1-2H3,(H,16,19). The zero-order valence-corrected chi connectivity index (χ0v) is 12.3. The lowest BCUT2D eigenvalue weighted by atomic mass is 9.97. The number of hydrogen-bond acceptors (Lipinski definition) is 3. The molecule has 2 N–H and O–H groups in total. The minimum Gasteiger partial charge on any atom is -0.323 e. The molecule has 1 aliphatic heterocycles. The van der Waals surface area contributed by atoms with Gasteiger partial charge in [-0.15, -0.1) is 11.6 Å². The first-order valence-electron chi connectivity index (χ1n) is 6.73. The molecule has 5 nitrogen and oxygen atoms in total. The van der Waals surface area contributed by atoms with Crippen LogP contribution in [-0.2, 0) is 11.8 Å². The van der Waals surface area contributed by atoms with Crippen LogP contribution in [0.5, 0.6) is 0 Å². The zero-order valence-electron chi connectivity index (χ0n) is 11.5. The van der Waals surface area contributed by atoms with Crippen LogP contribution in [0.4, 0.5) is 5.69 Å². The molecule has 0 spiro atoms. The predicted molar refractivity (Wildman–Crippen MR) is 76.8 cm³/mol.